The maximum Gasteiger partial charge on any atom is 0.306 e. The van der Waals surface area contributed by atoms with Gasteiger partial charge in [-0.3, -0.25) is 19.2 Å². The minimum absolute atomic E-state index is 0.0616. The monoisotopic (exact) mass is 601 g/mol. The summed E-state index contributed by atoms with van der Waals surface area (Å²) in [5.41, 5.74) is 7.52. The number of nitrogen functional groups attached to an aromatic ring is 1. The number of carbonyl (C=O) groups excluding carboxylic acids is 3. The van der Waals surface area contributed by atoms with Crippen LogP contribution in [0.1, 0.15) is 94.3 Å². The molecule has 0 saturated carbocycles. The van der Waals surface area contributed by atoms with Gasteiger partial charge in [0.25, 0.3) is 5.91 Å². The van der Waals surface area contributed by atoms with E-state index >= 15 is 0 Å². The minimum atomic E-state index is -0.937. The van der Waals surface area contributed by atoms with Crippen molar-refractivity contribution in [2.75, 3.05) is 12.8 Å². The topological polar surface area (TPSA) is 155 Å². The van der Waals surface area contributed by atoms with Gasteiger partial charge in [-0.2, -0.15) is 0 Å². The summed E-state index contributed by atoms with van der Waals surface area (Å²) in [7, 11) is 1.81. The van der Waals surface area contributed by atoms with Gasteiger partial charge in [-0.25, -0.2) is 4.98 Å². The van der Waals surface area contributed by atoms with Crippen molar-refractivity contribution < 1.29 is 24.3 Å². The number of thiazole rings is 1. The van der Waals surface area contributed by atoms with Gasteiger partial charge < -0.3 is 26.4 Å². The molecule has 232 valence electrons. The first-order valence-electron chi connectivity index (χ1n) is 14.6. The number of carboxylic acids is 1. The Kier molecular flexibility index (Phi) is 13.4. The molecule has 0 bridgehead atoms. The van der Waals surface area contributed by atoms with Crippen LogP contribution >= 0.6 is 11.3 Å². The second-order valence-corrected chi connectivity index (χ2v) is 12.6. The third-order valence-corrected chi connectivity index (χ3v) is 8.60. The number of nitrogens with zero attached hydrogens (tertiary/aromatic N) is 2. The van der Waals surface area contributed by atoms with Gasteiger partial charge in [0.2, 0.25) is 11.8 Å². The van der Waals surface area contributed by atoms with E-state index in [1.165, 1.54) is 18.3 Å². The highest BCUT2D eigenvalue weighted by Gasteiger charge is 2.30. The normalized spacial score (nSPS) is 14.9. The van der Waals surface area contributed by atoms with Crippen LogP contribution < -0.4 is 16.4 Å². The summed E-state index contributed by atoms with van der Waals surface area (Å²) in [4.78, 5) is 56.3. The molecule has 2 rings (SSSR count). The second-order valence-electron chi connectivity index (χ2n) is 11.7. The number of hydrogen-bond acceptors (Lipinski definition) is 7. The number of benzene rings is 1. The van der Waals surface area contributed by atoms with E-state index in [0.29, 0.717) is 30.0 Å². The molecule has 1 heterocycles. The van der Waals surface area contributed by atoms with Crippen LogP contribution in [0.4, 0.5) is 5.69 Å². The zero-order valence-corrected chi connectivity index (χ0v) is 26.7. The number of carboxylic acid groups (broad SMARTS) is 1. The summed E-state index contributed by atoms with van der Waals surface area (Å²) >= 11 is 1.27. The number of rotatable bonds is 16. The molecule has 1 aromatic heterocycles. The molecule has 0 spiro atoms. The standard InChI is InChI=1S/C31H47N5O5S/c1-8-19(4)13-28(38)36(7)27(18(2)3)16-25(33-21(6)37)30-35-26(17-42-30)29(39)34-24(14-20(5)31(40)41)15-22-9-11-23(32)12-10-22/h9-12,17-20,24-25,27H,8,13-16,32H2,1-7H3,(H,33,37)(H,34,39)(H,40,41)/t19-,20-,24+,25?,27+/m0/s1. The Morgan fingerprint density at radius 3 is 2.24 bits per heavy atom. The molecule has 10 nitrogen and oxygen atoms in total. The summed E-state index contributed by atoms with van der Waals surface area (Å²) in [6, 6.07) is 6.16. The van der Waals surface area contributed by atoms with E-state index in [0.717, 1.165) is 12.0 Å². The largest absolute Gasteiger partial charge is 0.481 e. The lowest BCUT2D eigenvalue weighted by Crippen LogP contribution is -2.43. The Morgan fingerprint density at radius 1 is 1.05 bits per heavy atom. The maximum absolute atomic E-state index is 13.3. The smallest absolute Gasteiger partial charge is 0.306 e. The molecule has 1 unspecified atom stereocenters. The van der Waals surface area contributed by atoms with Crippen molar-refractivity contribution in [2.45, 2.75) is 91.8 Å². The van der Waals surface area contributed by atoms with Crippen molar-refractivity contribution in [1.82, 2.24) is 20.5 Å². The highest BCUT2D eigenvalue weighted by Crippen LogP contribution is 2.28. The van der Waals surface area contributed by atoms with E-state index in [2.05, 4.69) is 29.5 Å². The molecule has 0 aliphatic heterocycles. The molecule has 1 aromatic carbocycles. The van der Waals surface area contributed by atoms with Crippen LogP contribution in [0.5, 0.6) is 0 Å². The van der Waals surface area contributed by atoms with E-state index in [1.807, 2.05) is 26.0 Å². The fourth-order valence-corrected chi connectivity index (χ4v) is 5.69. The van der Waals surface area contributed by atoms with Crippen molar-refractivity contribution >= 4 is 40.7 Å². The van der Waals surface area contributed by atoms with E-state index in [9.17, 15) is 24.3 Å². The van der Waals surface area contributed by atoms with Crippen molar-refractivity contribution in [3.8, 4) is 0 Å². The molecule has 0 fully saturated rings. The first kappa shape index (κ1) is 34.7. The lowest BCUT2D eigenvalue weighted by molar-refractivity contribution is -0.141. The number of aliphatic carboxylic acids is 1. The summed E-state index contributed by atoms with van der Waals surface area (Å²) < 4.78 is 0. The van der Waals surface area contributed by atoms with E-state index < -0.39 is 29.9 Å². The van der Waals surface area contributed by atoms with Gasteiger partial charge in [0.15, 0.2) is 0 Å². The molecule has 2 aromatic rings. The van der Waals surface area contributed by atoms with Crippen LogP contribution in [0.25, 0.3) is 0 Å². The number of aromatic nitrogens is 1. The van der Waals surface area contributed by atoms with Crippen molar-refractivity contribution in [1.29, 1.82) is 0 Å². The average Bonchev–Trinajstić information content (AvgIpc) is 3.41. The Bertz CT molecular complexity index is 1200. The van der Waals surface area contributed by atoms with Crippen LogP contribution in [-0.2, 0) is 20.8 Å². The van der Waals surface area contributed by atoms with Gasteiger partial charge in [0, 0.05) is 43.5 Å². The molecule has 3 amide bonds. The summed E-state index contributed by atoms with van der Waals surface area (Å²) in [5.74, 6) is -1.78. The van der Waals surface area contributed by atoms with E-state index in [1.54, 1.807) is 36.4 Å². The van der Waals surface area contributed by atoms with Gasteiger partial charge in [0.1, 0.15) is 10.7 Å². The average molecular weight is 602 g/mol. The van der Waals surface area contributed by atoms with Crippen molar-refractivity contribution in [3.63, 3.8) is 0 Å². The van der Waals surface area contributed by atoms with Gasteiger partial charge in [-0.05, 0) is 48.8 Å². The molecule has 5 atom stereocenters. The van der Waals surface area contributed by atoms with Gasteiger partial charge >= 0.3 is 5.97 Å². The van der Waals surface area contributed by atoms with Crippen LogP contribution in [-0.4, -0.2) is 57.8 Å². The quantitative estimate of drug-likeness (QED) is 0.204. The summed E-state index contributed by atoms with van der Waals surface area (Å²) in [6.45, 7) is 11.3. The van der Waals surface area contributed by atoms with Gasteiger partial charge in [-0.1, -0.05) is 53.2 Å². The zero-order valence-electron chi connectivity index (χ0n) is 25.8. The number of nitrogens with two attached hydrogens (primary N) is 1. The maximum atomic E-state index is 13.3. The Balaban J connectivity index is 2.25. The second kappa shape index (κ2) is 16.2. The van der Waals surface area contributed by atoms with E-state index in [-0.39, 0.29) is 41.8 Å². The van der Waals surface area contributed by atoms with Crippen LogP contribution in [0, 0.1) is 17.8 Å². The molecule has 0 saturated heterocycles. The number of anilines is 1. The Labute approximate surface area is 253 Å². The lowest BCUT2D eigenvalue weighted by Gasteiger charge is -2.34. The first-order valence-corrected chi connectivity index (χ1v) is 15.5. The highest BCUT2D eigenvalue weighted by atomic mass is 32.1. The third-order valence-electron chi connectivity index (χ3n) is 7.64. The highest BCUT2D eigenvalue weighted by molar-refractivity contribution is 7.09. The Morgan fingerprint density at radius 2 is 1.69 bits per heavy atom. The van der Waals surface area contributed by atoms with Crippen LogP contribution in [0.2, 0.25) is 0 Å². The fourth-order valence-electron chi connectivity index (χ4n) is 4.83. The van der Waals surface area contributed by atoms with E-state index in [4.69, 9.17) is 5.73 Å². The zero-order chi connectivity index (χ0) is 31.6. The molecule has 0 aliphatic rings. The molecule has 5 N–H and O–H groups in total. The third kappa shape index (κ3) is 10.7. The molecule has 42 heavy (non-hydrogen) atoms. The summed E-state index contributed by atoms with van der Waals surface area (Å²) in [6.07, 6.45) is 2.50. The van der Waals surface area contributed by atoms with Gasteiger partial charge in [-0.15, -0.1) is 11.3 Å². The molecule has 11 heteroatoms. The number of hydrogen-bond donors (Lipinski definition) is 4. The molecule has 0 radical (unpaired) electrons. The SMILES string of the molecule is CC[C@H](C)CC(=O)N(C)[C@H](CC(NC(C)=O)c1nc(C(=O)N[C@@H](Cc2ccc(N)cc2)C[C@H](C)C(=O)O)cs1)C(C)C. The number of nitrogens with one attached hydrogen (secondary N) is 2. The van der Waals surface area contributed by atoms with Crippen molar-refractivity contribution in [2.24, 2.45) is 17.8 Å². The first-order chi connectivity index (χ1) is 19.7. The number of amides is 3. The predicted molar refractivity (Wildman–Crippen MR) is 166 cm³/mol. The molecular weight excluding hydrogens is 554 g/mol. The van der Waals surface area contributed by atoms with Crippen LogP contribution in [0.15, 0.2) is 29.6 Å². The minimum Gasteiger partial charge on any atom is -0.481 e. The lowest BCUT2D eigenvalue weighted by atomic mass is 9.94. The van der Waals surface area contributed by atoms with Gasteiger partial charge in [0.05, 0.1) is 12.0 Å². The predicted octanol–water partition coefficient (Wildman–Crippen LogP) is 4.66. The Hall–Kier alpha value is -3.47. The molecule has 0 aliphatic carbocycles. The van der Waals surface area contributed by atoms with Crippen LogP contribution in [0.3, 0.4) is 0 Å². The van der Waals surface area contributed by atoms with Crippen molar-refractivity contribution in [3.05, 3.63) is 45.9 Å². The summed E-state index contributed by atoms with van der Waals surface area (Å²) in [5, 5.41) is 17.6. The number of carbonyl (C=O) groups is 4. The molecular formula is C31H47N5O5S. The fraction of sp³-hybridized carbons (Fsp3) is 0.581.